The van der Waals surface area contributed by atoms with Crippen LogP contribution in [0, 0.1) is 0 Å². The average Bonchev–Trinajstić information content (AvgIpc) is 2.99. The van der Waals surface area contributed by atoms with Gasteiger partial charge in [-0.3, -0.25) is 4.79 Å². The Morgan fingerprint density at radius 2 is 1.55 bits per heavy atom. The molecule has 0 unspecified atom stereocenters. The van der Waals surface area contributed by atoms with Gasteiger partial charge in [0.25, 0.3) is 5.91 Å². The van der Waals surface area contributed by atoms with Crippen LogP contribution in [0.1, 0.15) is 41.6 Å². The molecule has 3 aromatic rings. The van der Waals surface area contributed by atoms with Gasteiger partial charge in [0.05, 0.1) is 32.5 Å². The third kappa shape index (κ3) is 10.7. The van der Waals surface area contributed by atoms with Crippen LogP contribution in [0.4, 0.5) is 23.5 Å². The average molecular weight is 599 g/mol. The molecule has 12 nitrogen and oxygen atoms in total. The van der Waals surface area contributed by atoms with E-state index in [0.717, 1.165) is 31.2 Å². The van der Waals surface area contributed by atoms with Crippen LogP contribution in [-0.2, 0) is 16.0 Å². The molecule has 7 N–H and O–H groups in total. The van der Waals surface area contributed by atoms with E-state index in [2.05, 4.69) is 36.2 Å². The molecule has 1 saturated carbocycles. The second kappa shape index (κ2) is 16.8. The Morgan fingerprint density at radius 1 is 0.881 bits per heavy atom. The predicted octanol–water partition coefficient (Wildman–Crippen LogP) is 3.32. The Labute approximate surface area is 250 Å². The minimum Gasteiger partial charge on any atom is -0.393 e. The number of nitrogens with one attached hydrogen (secondary N) is 4. The number of halogens is 1. The van der Waals surface area contributed by atoms with Crippen molar-refractivity contribution in [3.05, 3.63) is 64.7 Å². The molecular formula is C29H39ClN8O4. The van der Waals surface area contributed by atoms with Crippen LogP contribution in [0.25, 0.3) is 0 Å². The lowest BCUT2D eigenvalue weighted by Gasteiger charge is -2.26. The van der Waals surface area contributed by atoms with E-state index in [1.165, 1.54) is 0 Å². The van der Waals surface area contributed by atoms with Gasteiger partial charge in [-0.25, -0.2) is 0 Å². The number of rotatable bonds is 16. The number of carbonyl (C=O) groups is 1. The summed E-state index contributed by atoms with van der Waals surface area (Å²) in [6.45, 7) is 3.20. The molecule has 0 aliphatic heterocycles. The van der Waals surface area contributed by atoms with Crippen LogP contribution in [0.5, 0.6) is 0 Å². The van der Waals surface area contributed by atoms with E-state index < -0.39 is 0 Å². The molecular weight excluding hydrogens is 560 g/mol. The maximum Gasteiger partial charge on any atom is 0.251 e. The molecule has 1 aliphatic rings. The summed E-state index contributed by atoms with van der Waals surface area (Å²) in [5.74, 6) is 1.01. The van der Waals surface area contributed by atoms with Crippen molar-refractivity contribution in [1.82, 2.24) is 20.3 Å². The minimum atomic E-state index is -0.250. The number of carbonyl (C=O) groups excluding carboxylic acids is 1. The van der Waals surface area contributed by atoms with E-state index >= 15 is 0 Å². The van der Waals surface area contributed by atoms with Crippen LogP contribution >= 0.6 is 11.6 Å². The fraction of sp³-hybridized carbons (Fsp3) is 0.448. The second-order valence-electron chi connectivity index (χ2n) is 9.91. The van der Waals surface area contributed by atoms with Crippen LogP contribution in [-0.4, -0.2) is 77.6 Å². The number of amides is 1. The number of ether oxygens (including phenoxy) is 2. The van der Waals surface area contributed by atoms with Gasteiger partial charge in [0.2, 0.25) is 17.8 Å². The van der Waals surface area contributed by atoms with Gasteiger partial charge in [-0.15, -0.1) is 0 Å². The summed E-state index contributed by atoms with van der Waals surface area (Å²) in [6, 6.07) is 14.8. The van der Waals surface area contributed by atoms with Crippen molar-refractivity contribution in [2.75, 3.05) is 55.5 Å². The van der Waals surface area contributed by atoms with Crippen LogP contribution in [0.15, 0.2) is 48.5 Å². The molecule has 1 amide bonds. The third-order valence-corrected chi connectivity index (χ3v) is 6.85. The first kappa shape index (κ1) is 31.4. The van der Waals surface area contributed by atoms with Crippen LogP contribution < -0.4 is 27.0 Å². The van der Waals surface area contributed by atoms with E-state index in [9.17, 15) is 9.90 Å². The molecule has 13 heteroatoms. The standard InChI is InChI=1S/C29H39ClN8O4/c30-22-5-1-20(2-6-22)19-33-27-36-28(38-29(37-27)35-24-9-11-25(39)12-10-24)34-23-7-3-21(4-8-23)26(40)32-14-16-42-18-17-41-15-13-31/h1-8,24-25,39H,9-19,31H2,(H,32,40)(H3,33,34,35,36,37,38). The van der Waals surface area contributed by atoms with Gasteiger partial charge in [0, 0.05) is 41.9 Å². The molecule has 2 aromatic carbocycles. The van der Waals surface area contributed by atoms with E-state index in [1.807, 2.05) is 24.3 Å². The Hall–Kier alpha value is -3.55. The first-order valence-electron chi connectivity index (χ1n) is 14.2. The van der Waals surface area contributed by atoms with Crippen molar-refractivity contribution in [3.8, 4) is 0 Å². The number of hydrogen-bond donors (Lipinski definition) is 6. The monoisotopic (exact) mass is 598 g/mol. The summed E-state index contributed by atoms with van der Waals surface area (Å²) in [5.41, 5.74) is 7.64. The lowest BCUT2D eigenvalue weighted by atomic mass is 9.93. The maximum atomic E-state index is 12.5. The topological polar surface area (TPSA) is 169 Å². The quantitative estimate of drug-likeness (QED) is 0.134. The first-order valence-corrected chi connectivity index (χ1v) is 14.6. The molecule has 226 valence electrons. The Balaban J connectivity index is 1.34. The van der Waals surface area contributed by atoms with Gasteiger partial charge in [-0.05, 0) is 67.6 Å². The number of aromatic nitrogens is 3. The highest BCUT2D eigenvalue weighted by atomic mass is 35.5. The summed E-state index contributed by atoms with van der Waals surface area (Å²) in [6.07, 6.45) is 2.91. The number of aliphatic hydroxyl groups excluding tert-OH is 1. The normalized spacial score (nSPS) is 16.5. The zero-order valence-corrected chi connectivity index (χ0v) is 24.3. The summed E-state index contributed by atoms with van der Waals surface area (Å²) < 4.78 is 10.7. The van der Waals surface area contributed by atoms with Crippen molar-refractivity contribution in [3.63, 3.8) is 0 Å². The smallest absolute Gasteiger partial charge is 0.251 e. The molecule has 0 saturated heterocycles. The lowest BCUT2D eigenvalue weighted by Crippen LogP contribution is -2.29. The Morgan fingerprint density at radius 3 is 2.26 bits per heavy atom. The number of nitrogens with two attached hydrogens (primary N) is 1. The van der Waals surface area contributed by atoms with E-state index in [-0.39, 0.29) is 18.1 Å². The molecule has 0 bridgehead atoms. The van der Waals surface area contributed by atoms with Crippen molar-refractivity contribution < 1.29 is 19.4 Å². The predicted molar refractivity (Wildman–Crippen MR) is 163 cm³/mol. The Bertz CT molecular complexity index is 1240. The van der Waals surface area contributed by atoms with Gasteiger partial charge in [-0.2, -0.15) is 15.0 Å². The first-order chi connectivity index (χ1) is 20.5. The second-order valence-corrected chi connectivity index (χ2v) is 10.3. The summed E-state index contributed by atoms with van der Waals surface area (Å²) in [5, 5.41) is 23.2. The largest absolute Gasteiger partial charge is 0.393 e. The molecule has 0 radical (unpaired) electrons. The SMILES string of the molecule is NCCOCCOCCNC(=O)c1ccc(Nc2nc(NCc3ccc(Cl)cc3)nc(NC3CCC(O)CC3)n2)cc1. The van der Waals surface area contributed by atoms with E-state index in [4.69, 9.17) is 26.8 Å². The highest BCUT2D eigenvalue weighted by molar-refractivity contribution is 6.30. The molecule has 42 heavy (non-hydrogen) atoms. The molecule has 1 fully saturated rings. The Kier molecular flexibility index (Phi) is 12.5. The van der Waals surface area contributed by atoms with Crippen molar-refractivity contribution in [2.45, 2.75) is 44.4 Å². The van der Waals surface area contributed by atoms with Gasteiger partial charge in [0.15, 0.2) is 0 Å². The number of hydrogen-bond acceptors (Lipinski definition) is 11. The molecule has 1 aliphatic carbocycles. The number of aliphatic hydroxyl groups is 1. The summed E-state index contributed by atoms with van der Waals surface area (Å²) >= 11 is 6.01. The van der Waals surface area contributed by atoms with Gasteiger partial charge >= 0.3 is 0 Å². The van der Waals surface area contributed by atoms with Crippen LogP contribution in [0.2, 0.25) is 5.02 Å². The van der Waals surface area contributed by atoms with E-state index in [1.54, 1.807) is 24.3 Å². The molecule has 4 rings (SSSR count). The molecule has 1 heterocycles. The van der Waals surface area contributed by atoms with Crippen molar-refractivity contribution in [2.24, 2.45) is 5.73 Å². The van der Waals surface area contributed by atoms with Crippen LogP contribution in [0.3, 0.4) is 0 Å². The fourth-order valence-electron chi connectivity index (χ4n) is 4.34. The van der Waals surface area contributed by atoms with Crippen molar-refractivity contribution >= 4 is 41.0 Å². The maximum absolute atomic E-state index is 12.5. The lowest BCUT2D eigenvalue weighted by molar-refractivity contribution is 0.0511. The zero-order valence-electron chi connectivity index (χ0n) is 23.5. The molecule has 0 spiro atoms. The number of benzene rings is 2. The highest BCUT2D eigenvalue weighted by Crippen LogP contribution is 2.23. The van der Waals surface area contributed by atoms with Gasteiger partial charge < -0.3 is 41.6 Å². The van der Waals surface area contributed by atoms with Crippen molar-refractivity contribution in [1.29, 1.82) is 0 Å². The summed E-state index contributed by atoms with van der Waals surface area (Å²) in [4.78, 5) is 26.2. The third-order valence-electron chi connectivity index (χ3n) is 6.60. The zero-order chi connectivity index (χ0) is 29.6. The number of anilines is 4. The fourth-order valence-corrected chi connectivity index (χ4v) is 4.47. The van der Waals surface area contributed by atoms with Gasteiger partial charge in [0.1, 0.15) is 0 Å². The highest BCUT2D eigenvalue weighted by Gasteiger charge is 2.20. The summed E-state index contributed by atoms with van der Waals surface area (Å²) in [7, 11) is 0. The number of nitrogens with zero attached hydrogens (tertiary/aromatic N) is 3. The van der Waals surface area contributed by atoms with Gasteiger partial charge in [-0.1, -0.05) is 23.7 Å². The molecule has 0 atom stereocenters. The molecule has 1 aromatic heterocycles. The van der Waals surface area contributed by atoms with E-state index in [0.29, 0.717) is 80.2 Å². The minimum absolute atomic E-state index is 0.167.